The summed E-state index contributed by atoms with van der Waals surface area (Å²) in [4.78, 5) is 5.91. The third-order valence-electron chi connectivity index (χ3n) is 5.25. The van der Waals surface area contributed by atoms with Gasteiger partial charge < -0.3 is 9.42 Å². The van der Waals surface area contributed by atoms with Crippen LogP contribution in [0.15, 0.2) is 57.9 Å². The number of aromatic nitrogens is 2. The molecule has 0 N–H and O–H groups in total. The summed E-state index contributed by atoms with van der Waals surface area (Å²) in [5.41, 5.74) is 0.754. The summed E-state index contributed by atoms with van der Waals surface area (Å²) < 4.78 is 72.0. The van der Waals surface area contributed by atoms with Crippen LogP contribution in [-0.4, -0.2) is 50.0 Å². The van der Waals surface area contributed by atoms with Crippen molar-refractivity contribution in [2.45, 2.75) is 37.3 Å². The Morgan fingerprint density at radius 1 is 1.03 bits per heavy atom. The SMILES string of the molecule is CCCCN(CCc1nc(-c2ccc(N(C)C)cc2)no1)S(=O)(=O)c1cccc(C(F)(F)F)c1. The molecule has 0 fully saturated rings. The Morgan fingerprint density at radius 2 is 1.74 bits per heavy atom. The van der Waals surface area contributed by atoms with Crippen LogP contribution in [0.25, 0.3) is 11.4 Å². The maximum atomic E-state index is 13.1. The van der Waals surface area contributed by atoms with Gasteiger partial charge in [0.05, 0.1) is 10.5 Å². The van der Waals surface area contributed by atoms with Gasteiger partial charge in [-0.1, -0.05) is 24.6 Å². The number of sulfonamides is 1. The predicted octanol–water partition coefficient (Wildman–Crippen LogP) is 4.85. The normalized spacial score (nSPS) is 12.3. The second-order valence-corrected chi connectivity index (χ2v) is 9.92. The van der Waals surface area contributed by atoms with Gasteiger partial charge in [-0.3, -0.25) is 0 Å². The minimum absolute atomic E-state index is 0.000219. The van der Waals surface area contributed by atoms with E-state index < -0.39 is 26.7 Å². The fourth-order valence-corrected chi connectivity index (χ4v) is 4.80. The van der Waals surface area contributed by atoms with E-state index in [4.69, 9.17) is 4.52 Å². The highest BCUT2D eigenvalue weighted by Crippen LogP contribution is 2.31. The molecular weight excluding hydrogens is 469 g/mol. The molecule has 0 amide bonds. The lowest BCUT2D eigenvalue weighted by Crippen LogP contribution is -2.34. The van der Waals surface area contributed by atoms with Gasteiger partial charge in [0, 0.05) is 44.9 Å². The zero-order valence-electron chi connectivity index (χ0n) is 19.2. The summed E-state index contributed by atoms with van der Waals surface area (Å²) in [5.74, 6) is 0.619. The molecule has 2 aromatic carbocycles. The van der Waals surface area contributed by atoms with Gasteiger partial charge in [0.15, 0.2) is 0 Å². The molecule has 3 aromatic rings. The van der Waals surface area contributed by atoms with E-state index in [1.165, 1.54) is 10.4 Å². The molecule has 0 aliphatic carbocycles. The highest BCUT2D eigenvalue weighted by molar-refractivity contribution is 7.89. The maximum absolute atomic E-state index is 13.1. The van der Waals surface area contributed by atoms with Gasteiger partial charge in [-0.25, -0.2) is 8.42 Å². The average molecular weight is 497 g/mol. The standard InChI is InChI=1S/C23H27F3N4O3S/c1-4-5-14-30(34(31,32)20-8-6-7-18(16-20)23(24,25)26)15-13-21-27-22(28-33-21)17-9-11-19(12-10-17)29(2)3/h6-12,16H,4-5,13-15H2,1-3H3. The number of nitrogens with zero attached hydrogens (tertiary/aromatic N) is 4. The Morgan fingerprint density at radius 3 is 2.35 bits per heavy atom. The second-order valence-electron chi connectivity index (χ2n) is 7.99. The van der Waals surface area contributed by atoms with Crippen LogP contribution in [0.4, 0.5) is 18.9 Å². The fourth-order valence-electron chi connectivity index (χ4n) is 3.27. The average Bonchev–Trinajstić information content (AvgIpc) is 3.27. The summed E-state index contributed by atoms with van der Waals surface area (Å²) in [5, 5.41) is 3.97. The van der Waals surface area contributed by atoms with Crippen LogP contribution in [0.1, 0.15) is 31.2 Å². The van der Waals surface area contributed by atoms with Crippen LogP contribution in [0.2, 0.25) is 0 Å². The second kappa shape index (κ2) is 10.6. The molecule has 1 aromatic heterocycles. The first-order chi connectivity index (χ1) is 16.0. The Hall–Kier alpha value is -2.92. The van der Waals surface area contributed by atoms with Gasteiger partial charge in [-0.05, 0) is 48.9 Å². The van der Waals surface area contributed by atoms with E-state index in [9.17, 15) is 21.6 Å². The van der Waals surface area contributed by atoms with Gasteiger partial charge >= 0.3 is 6.18 Å². The molecule has 0 radical (unpaired) electrons. The minimum Gasteiger partial charge on any atom is -0.378 e. The van der Waals surface area contributed by atoms with Crippen molar-refractivity contribution in [3.05, 3.63) is 60.0 Å². The van der Waals surface area contributed by atoms with E-state index in [0.29, 0.717) is 18.3 Å². The first kappa shape index (κ1) is 25.7. The van der Waals surface area contributed by atoms with Crippen LogP contribution in [0, 0.1) is 0 Å². The number of unbranched alkanes of at least 4 members (excludes halogenated alkanes) is 1. The van der Waals surface area contributed by atoms with Crippen LogP contribution in [-0.2, 0) is 22.6 Å². The Kier molecular flexibility index (Phi) is 7.98. The molecular formula is C23H27F3N4O3S. The molecule has 0 unspecified atom stereocenters. The lowest BCUT2D eigenvalue weighted by Gasteiger charge is -2.22. The molecule has 3 rings (SSSR count). The molecule has 0 aliphatic heterocycles. The van der Waals surface area contributed by atoms with Crippen molar-refractivity contribution >= 4 is 15.7 Å². The van der Waals surface area contributed by atoms with Crippen molar-refractivity contribution in [2.75, 3.05) is 32.1 Å². The monoisotopic (exact) mass is 496 g/mol. The first-order valence-corrected chi connectivity index (χ1v) is 12.2. The molecule has 1 heterocycles. The molecule has 7 nitrogen and oxygen atoms in total. The molecule has 0 spiro atoms. The number of benzene rings is 2. The fraction of sp³-hybridized carbons (Fsp3) is 0.391. The highest BCUT2D eigenvalue weighted by Gasteiger charge is 2.33. The van der Waals surface area contributed by atoms with Crippen LogP contribution < -0.4 is 4.90 Å². The summed E-state index contributed by atoms with van der Waals surface area (Å²) in [6.45, 7) is 2.07. The molecule has 184 valence electrons. The first-order valence-electron chi connectivity index (χ1n) is 10.8. The number of hydrogen-bond donors (Lipinski definition) is 0. The Labute approximate surface area is 197 Å². The largest absolute Gasteiger partial charge is 0.416 e. The molecule has 0 aliphatic rings. The molecule has 0 bridgehead atoms. The van der Waals surface area contributed by atoms with E-state index in [1.807, 2.05) is 50.2 Å². The van der Waals surface area contributed by atoms with Crippen molar-refractivity contribution in [3.8, 4) is 11.4 Å². The summed E-state index contributed by atoms with van der Waals surface area (Å²) in [6.07, 6.45) is -3.22. The number of alkyl halides is 3. The topological polar surface area (TPSA) is 79.5 Å². The number of hydrogen-bond acceptors (Lipinski definition) is 6. The highest BCUT2D eigenvalue weighted by atomic mass is 32.2. The van der Waals surface area contributed by atoms with Crippen LogP contribution >= 0.6 is 0 Å². The third-order valence-corrected chi connectivity index (χ3v) is 7.14. The van der Waals surface area contributed by atoms with Gasteiger partial charge in [0.1, 0.15) is 0 Å². The summed E-state index contributed by atoms with van der Waals surface area (Å²) >= 11 is 0. The van der Waals surface area contributed by atoms with Crippen LogP contribution in [0.5, 0.6) is 0 Å². The van der Waals surface area contributed by atoms with E-state index in [0.717, 1.165) is 29.8 Å². The molecule has 0 atom stereocenters. The van der Waals surface area contributed by atoms with Crippen molar-refractivity contribution in [1.82, 2.24) is 14.4 Å². The van der Waals surface area contributed by atoms with E-state index >= 15 is 0 Å². The van der Waals surface area contributed by atoms with Crippen LogP contribution in [0.3, 0.4) is 0 Å². The Balaban J connectivity index is 1.77. The molecule has 0 saturated heterocycles. The van der Waals surface area contributed by atoms with Gasteiger partial charge in [0.25, 0.3) is 0 Å². The third kappa shape index (κ3) is 6.15. The number of halogens is 3. The lowest BCUT2D eigenvalue weighted by atomic mass is 10.2. The van der Waals surface area contributed by atoms with Gasteiger partial charge in [0.2, 0.25) is 21.7 Å². The summed E-state index contributed by atoms with van der Waals surface area (Å²) in [6, 6.07) is 11.3. The van der Waals surface area contributed by atoms with Crippen molar-refractivity contribution in [2.24, 2.45) is 0 Å². The zero-order valence-corrected chi connectivity index (χ0v) is 20.0. The molecule has 11 heteroatoms. The van der Waals surface area contributed by atoms with Gasteiger partial charge in [-0.2, -0.15) is 22.5 Å². The summed E-state index contributed by atoms with van der Waals surface area (Å²) in [7, 11) is -0.286. The minimum atomic E-state index is -4.63. The maximum Gasteiger partial charge on any atom is 0.416 e. The van der Waals surface area contributed by atoms with Gasteiger partial charge in [-0.15, -0.1) is 0 Å². The van der Waals surface area contributed by atoms with E-state index in [1.54, 1.807) is 0 Å². The molecule has 34 heavy (non-hydrogen) atoms. The number of anilines is 1. The quantitative estimate of drug-likeness (QED) is 0.399. The van der Waals surface area contributed by atoms with Crippen molar-refractivity contribution in [3.63, 3.8) is 0 Å². The van der Waals surface area contributed by atoms with E-state index in [2.05, 4.69) is 10.1 Å². The lowest BCUT2D eigenvalue weighted by molar-refractivity contribution is -0.137. The molecule has 0 saturated carbocycles. The zero-order chi connectivity index (χ0) is 24.9. The van der Waals surface area contributed by atoms with Crippen molar-refractivity contribution in [1.29, 1.82) is 0 Å². The van der Waals surface area contributed by atoms with E-state index in [-0.39, 0.29) is 25.4 Å². The van der Waals surface area contributed by atoms with Crippen molar-refractivity contribution < 1.29 is 26.1 Å². The Bertz CT molecular complexity index is 1190. The predicted molar refractivity (Wildman–Crippen MR) is 123 cm³/mol. The smallest absolute Gasteiger partial charge is 0.378 e. The number of rotatable bonds is 10.